The Morgan fingerprint density at radius 2 is 1.42 bits per heavy atom. The van der Waals surface area contributed by atoms with E-state index < -0.39 is 41.9 Å². The zero-order valence-corrected chi connectivity index (χ0v) is 19.4. The molecule has 2 rings (SSSR count). The molecule has 0 saturated carbocycles. The van der Waals surface area contributed by atoms with Crippen LogP contribution in [-0.2, 0) is 23.8 Å². The van der Waals surface area contributed by atoms with Gasteiger partial charge in [-0.3, -0.25) is 5.32 Å². The number of benzene rings is 2. The van der Waals surface area contributed by atoms with Gasteiger partial charge in [0.1, 0.15) is 12.2 Å². The molecule has 0 spiro atoms. The molecule has 0 saturated heterocycles. The van der Waals surface area contributed by atoms with Gasteiger partial charge in [-0.2, -0.15) is 0 Å². The predicted molar refractivity (Wildman–Crippen MR) is 125 cm³/mol. The number of thiocarbonyl (C=S) groups is 1. The van der Waals surface area contributed by atoms with Gasteiger partial charge < -0.3 is 25.7 Å². The number of esters is 2. The number of ether oxygens (including phenoxy) is 3. The van der Waals surface area contributed by atoms with Gasteiger partial charge in [0.05, 0.1) is 0 Å². The predicted octanol–water partition coefficient (Wildman–Crippen LogP) is 2.33. The fourth-order valence-electron chi connectivity index (χ4n) is 2.68. The SMILES string of the molecule is CC(C)(C)OC(=O)[C@@](N)(COC(=O)NC(N)=S)C(=O)OC(c1ccccc1)c1ccccc1. The summed E-state index contributed by atoms with van der Waals surface area (Å²) in [6.07, 6.45) is -1.97. The Morgan fingerprint density at radius 1 is 0.939 bits per heavy atom. The zero-order valence-electron chi connectivity index (χ0n) is 18.6. The third-order valence-corrected chi connectivity index (χ3v) is 4.32. The number of rotatable bonds is 7. The first-order valence-electron chi connectivity index (χ1n) is 9.99. The molecule has 1 amide bonds. The number of nitrogens with two attached hydrogens (primary N) is 2. The summed E-state index contributed by atoms with van der Waals surface area (Å²) in [6, 6.07) is 17.8. The van der Waals surface area contributed by atoms with Gasteiger partial charge in [-0.1, -0.05) is 60.7 Å². The van der Waals surface area contributed by atoms with E-state index in [1.54, 1.807) is 69.3 Å². The van der Waals surface area contributed by atoms with Crippen molar-refractivity contribution in [3.8, 4) is 0 Å². The number of carbonyl (C=O) groups is 3. The first-order chi connectivity index (χ1) is 15.4. The molecular weight excluding hydrogens is 446 g/mol. The Morgan fingerprint density at radius 3 is 1.85 bits per heavy atom. The molecular formula is C23H27N3O6S. The minimum atomic E-state index is -2.46. The summed E-state index contributed by atoms with van der Waals surface area (Å²) in [4.78, 5) is 38.0. The number of hydrogen-bond acceptors (Lipinski definition) is 8. The van der Waals surface area contributed by atoms with Gasteiger partial charge in [-0.05, 0) is 44.1 Å². The van der Waals surface area contributed by atoms with Crippen molar-refractivity contribution in [2.75, 3.05) is 6.61 Å². The van der Waals surface area contributed by atoms with E-state index in [9.17, 15) is 14.4 Å². The van der Waals surface area contributed by atoms with Crippen molar-refractivity contribution >= 4 is 35.4 Å². The highest BCUT2D eigenvalue weighted by Gasteiger charge is 2.49. The molecule has 0 aromatic heterocycles. The Bertz CT molecular complexity index is 955. The molecule has 0 aliphatic rings. The molecule has 1 atom stereocenters. The van der Waals surface area contributed by atoms with Crippen LogP contribution >= 0.6 is 12.2 Å². The topological polar surface area (TPSA) is 143 Å². The van der Waals surface area contributed by atoms with Crippen molar-refractivity contribution < 1.29 is 28.6 Å². The number of alkyl carbamates (subject to hydrolysis) is 1. The van der Waals surface area contributed by atoms with Crippen molar-refractivity contribution in [3.63, 3.8) is 0 Å². The second-order valence-corrected chi connectivity index (χ2v) is 8.59. The molecule has 0 bridgehead atoms. The summed E-state index contributed by atoms with van der Waals surface area (Å²) >= 11 is 4.57. The van der Waals surface area contributed by atoms with Crippen LogP contribution in [0.3, 0.4) is 0 Å². The van der Waals surface area contributed by atoms with Gasteiger partial charge >= 0.3 is 18.0 Å². The van der Waals surface area contributed by atoms with E-state index >= 15 is 0 Å². The number of carbonyl (C=O) groups excluding carboxylic acids is 3. The van der Waals surface area contributed by atoms with Crippen molar-refractivity contribution in [1.29, 1.82) is 0 Å². The van der Waals surface area contributed by atoms with Crippen molar-refractivity contribution in [1.82, 2.24) is 5.32 Å². The number of hydrogen-bond donors (Lipinski definition) is 3. The Hall–Kier alpha value is -3.50. The van der Waals surface area contributed by atoms with Crippen LogP contribution in [0, 0.1) is 0 Å². The van der Waals surface area contributed by atoms with Crippen molar-refractivity contribution in [2.45, 2.75) is 38.0 Å². The summed E-state index contributed by atoms with van der Waals surface area (Å²) in [5.41, 5.74) is 9.26. The van der Waals surface area contributed by atoms with E-state index in [1.165, 1.54) is 0 Å². The number of amides is 1. The second kappa shape index (κ2) is 10.9. The van der Waals surface area contributed by atoms with E-state index in [-0.39, 0.29) is 5.11 Å². The minimum absolute atomic E-state index is 0.351. The van der Waals surface area contributed by atoms with Crippen LogP contribution in [0.5, 0.6) is 0 Å². The lowest BCUT2D eigenvalue weighted by Gasteiger charge is -2.30. The molecule has 2 aromatic rings. The highest BCUT2D eigenvalue weighted by molar-refractivity contribution is 7.80. The third-order valence-electron chi connectivity index (χ3n) is 4.21. The smallest absolute Gasteiger partial charge is 0.413 e. The Labute approximate surface area is 197 Å². The third kappa shape index (κ3) is 7.55. The van der Waals surface area contributed by atoms with E-state index in [1.807, 2.05) is 17.4 Å². The average Bonchev–Trinajstić information content (AvgIpc) is 2.75. The van der Waals surface area contributed by atoms with Crippen LogP contribution in [0.4, 0.5) is 4.79 Å². The molecule has 176 valence electrons. The molecule has 0 heterocycles. The van der Waals surface area contributed by atoms with Gasteiger partial charge in [-0.25, -0.2) is 14.4 Å². The molecule has 0 fully saturated rings. The molecule has 5 N–H and O–H groups in total. The molecule has 33 heavy (non-hydrogen) atoms. The summed E-state index contributed by atoms with van der Waals surface area (Å²) in [7, 11) is 0. The monoisotopic (exact) mass is 473 g/mol. The van der Waals surface area contributed by atoms with Crippen LogP contribution in [0.25, 0.3) is 0 Å². The van der Waals surface area contributed by atoms with Gasteiger partial charge in [0, 0.05) is 0 Å². The first kappa shape index (κ1) is 25.8. The van der Waals surface area contributed by atoms with E-state index in [2.05, 4.69) is 12.2 Å². The molecule has 9 nitrogen and oxygen atoms in total. The molecule has 0 unspecified atom stereocenters. The quantitative estimate of drug-likeness (QED) is 0.239. The van der Waals surface area contributed by atoms with Gasteiger partial charge in [0.15, 0.2) is 11.2 Å². The lowest BCUT2D eigenvalue weighted by atomic mass is 9.99. The minimum Gasteiger partial charge on any atom is -0.458 e. The van der Waals surface area contributed by atoms with Crippen molar-refractivity contribution in [2.24, 2.45) is 11.5 Å². The van der Waals surface area contributed by atoms with E-state index in [4.69, 9.17) is 25.7 Å². The van der Waals surface area contributed by atoms with Crippen LogP contribution in [-0.4, -0.2) is 40.9 Å². The standard InChI is InChI=1S/C23H27N3O6S/c1-22(2,3)32-19(28)23(25,14-30-21(29)26-20(24)33)18(27)31-17(15-10-6-4-7-11-15)16-12-8-5-9-13-16/h4-13,17H,14,25H2,1-3H3,(H3,24,26,29,33)/t23-/m1/s1. The average molecular weight is 474 g/mol. The molecule has 0 aliphatic carbocycles. The summed E-state index contributed by atoms with van der Waals surface area (Å²) in [6.45, 7) is 3.95. The van der Waals surface area contributed by atoms with Crippen LogP contribution in [0.15, 0.2) is 60.7 Å². The number of nitrogens with one attached hydrogen (secondary N) is 1. The molecule has 10 heteroatoms. The second-order valence-electron chi connectivity index (χ2n) is 8.15. The fraction of sp³-hybridized carbons (Fsp3) is 0.304. The maximum Gasteiger partial charge on any atom is 0.413 e. The van der Waals surface area contributed by atoms with Crippen LogP contribution in [0.1, 0.15) is 38.0 Å². The van der Waals surface area contributed by atoms with Gasteiger partial charge in [0.25, 0.3) is 0 Å². The lowest BCUT2D eigenvalue weighted by Crippen LogP contribution is -2.61. The van der Waals surface area contributed by atoms with E-state index in [0.29, 0.717) is 11.1 Å². The Kier molecular flexibility index (Phi) is 8.50. The molecule has 0 aliphatic heterocycles. The largest absolute Gasteiger partial charge is 0.458 e. The maximum atomic E-state index is 13.3. The highest BCUT2D eigenvalue weighted by Crippen LogP contribution is 2.28. The van der Waals surface area contributed by atoms with E-state index in [0.717, 1.165) is 0 Å². The summed E-state index contributed by atoms with van der Waals surface area (Å²) in [5.74, 6) is -2.26. The lowest BCUT2D eigenvalue weighted by molar-refractivity contribution is -0.175. The molecule has 0 radical (unpaired) electrons. The first-order valence-corrected chi connectivity index (χ1v) is 10.4. The van der Waals surface area contributed by atoms with Crippen molar-refractivity contribution in [3.05, 3.63) is 71.8 Å². The van der Waals surface area contributed by atoms with Crippen LogP contribution in [0.2, 0.25) is 0 Å². The summed E-state index contributed by atoms with van der Waals surface area (Å²) < 4.78 is 15.9. The maximum absolute atomic E-state index is 13.3. The Balaban J connectivity index is 2.37. The highest BCUT2D eigenvalue weighted by atomic mass is 32.1. The normalized spacial score (nSPS) is 12.9. The van der Waals surface area contributed by atoms with Gasteiger partial charge in [-0.15, -0.1) is 0 Å². The zero-order chi connectivity index (χ0) is 24.6. The fourth-order valence-corrected chi connectivity index (χ4v) is 2.77. The molecule has 2 aromatic carbocycles. The summed E-state index contributed by atoms with van der Waals surface area (Å²) in [5, 5.41) is 1.67. The van der Waals surface area contributed by atoms with Gasteiger partial charge in [0.2, 0.25) is 5.54 Å². The van der Waals surface area contributed by atoms with Crippen LogP contribution < -0.4 is 16.8 Å².